The fraction of sp³-hybridized carbons (Fsp3) is 0.600. The molecule has 2 rings (SSSR count). The zero-order valence-corrected chi connectivity index (χ0v) is 15.8. The molecule has 6 nitrogen and oxygen atoms in total. The molecule has 1 unspecified atom stereocenters. The van der Waals surface area contributed by atoms with Crippen molar-refractivity contribution >= 4 is 26.0 Å². The molecule has 0 bridgehead atoms. The van der Waals surface area contributed by atoms with Crippen molar-refractivity contribution < 1.29 is 17.9 Å². The van der Waals surface area contributed by atoms with Crippen molar-refractivity contribution in [3.05, 3.63) is 22.7 Å². The molecule has 0 aromatic heterocycles. The number of halogens is 1. The second-order valence-corrected chi connectivity index (χ2v) is 8.09. The summed E-state index contributed by atoms with van der Waals surface area (Å²) in [5, 5.41) is 0. The molecule has 0 aliphatic carbocycles. The summed E-state index contributed by atoms with van der Waals surface area (Å²) in [6, 6.07) is 4.96. The Morgan fingerprint density at radius 2 is 2.17 bits per heavy atom. The van der Waals surface area contributed by atoms with Gasteiger partial charge < -0.3 is 9.47 Å². The fourth-order valence-corrected chi connectivity index (χ4v) is 4.52. The van der Waals surface area contributed by atoms with Crippen molar-refractivity contribution in [1.82, 2.24) is 9.62 Å². The van der Waals surface area contributed by atoms with Crippen LogP contribution in [-0.4, -0.2) is 59.8 Å². The average Bonchev–Trinajstić information content (AvgIpc) is 2.98. The predicted molar refractivity (Wildman–Crippen MR) is 92.4 cm³/mol. The van der Waals surface area contributed by atoms with Gasteiger partial charge in [-0.25, -0.2) is 13.1 Å². The number of nitrogens with zero attached hydrogens (tertiary/aromatic N) is 1. The van der Waals surface area contributed by atoms with Crippen LogP contribution in [0.2, 0.25) is 0 Å². The maximum Gasteiger partial charge on any atom is 0.240 e. The van der Waals surface area contributed by atoms with E-state index in [0.29, 0.717) is 23.4 Å². The van der Waals surface area contributed by atoms with E-state index in [0.717, 1.165) is 25.9 Å². The van der Waals surface area contributed by atoms with Crippen molar-refractivity contribution in [3.8, 4) is 5.75 Å². The molecule has 1 saturated heterocycles. The number of hydrogen-bond acceptors (Lipinski definition) is 5. The Labute approximate surface area is 146 Å². The Bertz CT molecular complexity index is 624. The monoisotopic (exact) mass is 406 g/mol. The summed E-state index contributed by atoms with van der Waals surface area (Å²) in [5.74, 6) is 0.602. The fourth-order valence-electron chi connectivity index (χ4n) is 2.73. The molecule has 0 spiro atoms. The zero-order chi connectivity index (χ0) is 16.9. The summed E-state index contributed by atoms with van der Waals surface area (Å²) in [5.41, 5.74) is 0. The number of benzene rings is 1. The summed E-state index contributed by atoms with van der Waals surface area (Å²) in [6.45, 7) is 2.89. The quantitative estimate of drug-likeness (QED) is 0.713. The number of ether oxygens (including phenoxy) is 2. The number of sulfonamides is 1. The zero-order valence-electron chi connectivity index (χ0n) is 13.4. The molecule has 1 heterocycles. The molecule has 8 heteroatoms. The highest BCUT2D eigenvalue weighted by Gasteiger charge is 2.26. The standard InChI is InChI=1S/C15H23BrN2O4S/c1-21-9-8-18-7-3-4-12(18)11-17-23(19,20)13-5-6-15(22-2)14(16)10-13/h5-6,10,12,17H,3-4,7-9,11H2,1-2H3. The van der Waals surface area contributed by atoms with E-state index in [1.807, 2.05) is 0 Å². The lowest BCUT2D eigenvalue weighted by Crippen LogP contribution is -2.41. The first kappa shape index (κ1) is 18.7. The Morgan fingerprint density at radius 1 is 1.39 bits per heavy atom. The maximum absolute atomic E-state index is 12.4. The van der Waals surface area contributed by atoms with Crippen LogP contribution in [0.25, 0.3) is 0 Å². The van der Waals surface area contributed by atoms with E-state index in [9.17, 15) is 8.42 Å². The summed E-state index contributed by atoms with van der Waals surface area (Å²) >= 11 is 3.32. The minimum absolute atomic E-state index is 0.224. The molecule has 1 N–H and O–H groups in total. The first-order valence-corrected chi connectivity index (χ1v) is 9.81. The van der Waals surface area contributed by atoms with Gasteiger partial charge in [-0.1, -0.05) is 0 Å². The number of likely N-dealkylation sites (tertiary alicyclic amines) is 1. The number of nitrogens with one attached hydrogen (secondary N) is 1. The van der Waals surface area contributed by atoms with E-state index < -0.39 is 10.0 Å². The molecule has 1 atom stereocenters. The van der Waals surface area contributed by atoms with Gasteiger partial charge in [-0.2, -0.15) is 0 Å². The third-order valence-electron chi connectivity index (χ3n) is 4.02. The van der Waals surface area contributed by atoms with Crippen LogP contribution in [-0.2, 0) is 14.8 Å². The van der Waals surface area contributed by atoms with E-state index in [-0.39, 0.29) is 10.9 Å². The van der Waals surface area contributed by atoms with E-state index in [1.54, 1.807) is 32.4 Å². The van der Waals surface area contributed by atoms with Gasteiger partial charge in [0.25, 0.3) is 0 Å². The maximum atomic E-state index is 12.4. The number of hydrogen-bond donors (Lipinski definition) is 1. The summed E-state index contributed by atoms with van der Waals surface area (Å²) in [6.07, 6.45) is 2.09. The molecular weight excluding hydrogens is 384 g/mol. The number of rotatable bonds is 8. The minimum atomic E-state index is -3.53. The van der Waals surface area contributed by atoms with Gasteiger partial charge in [-0.05, 0) is 53.5 Å². The van der Waals surface area contributed by atoms with Gasteiger partial charge in [0.1, 0.15) is 5.75 Å². The molecule has 130 valence electrons. The first-order valence-electron chi connectivity index (χ1n) is 7.54. The van der Waals surface area contributed by atoms with Gasteiger partial charge in [-0.3, -0.25) is 4.90 Å². The molecule has 0 amide bonds. The van der Waals surface area contributed by atoms with Crippen LogP contribution in [0.1, 0.15) is 12.8 Å². The van der Waals surface area contributed by atoms with Crippen molar-refractivity contribution in [2.75, 3.05) is 40.5 Å². The predicted octanol–water partition coefficient (Wildman–Crippen LogP) is 1.85. The Morgan fingerprint density at radius 3 is 2.83 bits per heavy atom. The van der Waals surface area contributed by atoms with Gasteiger partial charge in [-0.15, -0.1) is 0 Å². The molecule has 1 fully saturated rings. The molecule has 1 aromatic carbocycles. The molecule has 23 heavy (non-hydrogen) atoms. The van der Waals surface area contributed by atoms with Crippen LogP contribution < -0.4 is 9.46 Å². The Balaban J connectivity index is 1.99. The van der Waals surface area contributed by atoms with Crippen LogP contribution in [0.4, 0.5) is 0 Å². The molecule has 0 saturated carbocycles. The largest absolute Gasteiger partial charge is 0.496 e. The van der Waals surface area contributed by atoms with E-state index in [4.69, 9.17) is 9.47 Å². The van der Waals surface area contributed by atoms with E-state index >= 15 is 0 Å². The van der Waals surface area contributed by atoms with Gasteiger partial charge in [0, 0.05) is 26.2 Å². The summed E-state index contributed by atoms with van der Waals surface area (Å²) < 4.78 is 38.5. The molecule has 1 aliphatic heterocycles. The second-order valence-electron chi connectivity index (χ2n) is 5.47. The van der Waals surface area contributed by atoms with Crippen LogP contribution in [0, 0.1) is 0 Å². The minimum Gasteiger partial charge on any atom is -0.496 e. The molecule has 1 aliphatic rings. The van der Waals surface area contributed by atoms with Crippen LogP contribution in [0.3, 0.4) is 0 Å². The summed E-state index contributed by atoms with van der Waals surface area (Å²) in [7, 11) is -0.314. The van der Waals surface area contributed by atoms with E-state index in [1.165, 1.54) is 0 Å². The highest BCUT2D eigenvalue weighted by atomic mass is 79.9. The van der Waals surface area contributed by atoms with Gasteiger partial charge in [0.15, 0.2) is 0 Å². The van der Waals surface area contributed by atoms with Crippen LogP contribution in [0.15, 0.2) is 27.6 Å². The lowest BCUT2D eigenvalue weighted by molar-refractivity contribution is 0.141. The summed E-state index contributed by atoms with van der Waals surface area (Å²) in [4.78, 5) is 2.50. The topological polar surface area (TPSA) is 67.9 Å². The highest BCUT2D eigenvalue weighted by Crippen LogP contribution is 2.27. The lowest BCUT2D eigenvalue weighted by atomic mass is 10.2. The average molecular weight is 407 g/mol. The third kappa shape index (κ3) is 4.90. The van der Waals surface area contributed by atoms with Crippen molar-refractivity contribution in [2.24, 2.45) is 0 Å². The smallest absolute Gasteiger partial charge is 0.240 e. The Kier molecular flexibility index (Phi) is 6.84. The van der Waals surface area contributed by atoms with Crippen molar-refractivity contribution in [1.29, 1.82) is 0 Å². The third-order valence-corrected chi connectivity index (χ3v) is 6.07. The van der Waals surface area contributed by atoms with Crippen LogP contribution >= 0.6 is 15.9 Å². The Hall–Kier alpha value is -0.670. The highest BCUT2D eigenvalue weighted by molar-refractivity contribution is 9.10. The van der Waals surface area contributed by atoms with Gasteiger partial charge >= 0.3 is 0 Å². The van der Waals surface area contributed by atoms with Crippen LogP contribution in [0.5, 0.6) is 5.75 Å². The van der Waals surface area contributed by atoms with Gasteiger partial charge in [0.05, 0.1) is 23.1 Å². The molecule has 0 radical (unpaired) electrons. The molecular formula is C15H23BrN2O4S. The van der Waals surface area contributed by atoms with Gasteiger partial charge in [0.2, 0.25) is 10.0 Å². The SMILES string of the molecule is COCCN1CCCC1CNS(=O)(=O)c1ccc(OC)c(Br)c1. The van der Waals surface area contributed by atoms with Crippen molar-refractivity contribution in [2.45, 2.75) is 23.8 Å². The van der Waals surface area contributed by atoms with E-state index in [2.05, 4.69) is 25.6 Å². The normalized spacial score (nSPS) is 19.2. The lowest BCUT2D eigenvalue weighted by Gasteiger charge is -2.24. The van der Waals surface area contributed by atoms with Crippen molar-refractivity contribution in [3.63, 3.8) is 0 Å². The molecule has 1 aromatic rings. The second kappa shape index (κ2) is 8.43. The first-order chi connectivity index (χ1) is 11.0. The number of methoxy groups -OCH3 is 2.